The molecule has 3 fully saturated rings. The summed E-state index contributed by atoms with van der Waals surface area (Å²) in [4.78, 5) is 14.7. The van der Waals surface area contributed by atoms with E-state index in [4.69, 9.17) is 15.2 Å². The Morgan fingerprint density at radius 2 is 1.80 bits per heavy atom. The third-order valence-electron chi connectivity index (χ3n) is 4.93. The first kappa shape index (κ1) is 14.3. The molecule has 114 valence electrons. The van der Waals surface area contributed by atoms with Crippen molar-refractivity contribution in [3.05, 3.63) is 0 Å². The van der Waals surface area contributed by atoms with E-state index in [1.807, 2.05) is 4.90 Å². The second kappa shape index (κ2) is 6.00. The van der Waals surface area contributed by atoms with E-state index in [0.29, 0.717) is 19.7 Å². The summed E-state index contributed by atoms with van der Waals surface area (Å²) in [6.07, 6.45) is 7.33. The third-order valence-corrected chi connectivity index (χ3v) is 4.93. The van der Waals surface area contributed by atoms with Crippen molar-refractivity contribution >= 4 is 5.91 Å². The summed E-state index contributed by atoms with van der Waals surface area (Å²) in [6.45, 7) is 2.73. The van der Waals surface area contributed by atoms with Crippen molar-refractivity contribution in [3.63, 3.8) is 0 Å². The van der Waals surface area contributed by atoms with Crippen LogP contribution in [-0.4, -0.2) is 54.9 Å². The molecule has 1 saturated carbocycles. The van der Waals surface area contributed by atoms with Gasteiger partial charge in [-0.1, -0.05) is 19.3 Å². The first-order valence-corrected chi connectivity index (χ1v) is 8.00. The Balaban J connectivity index is 1.62. The highest BCUT2D eigenvalue weighted by Crippen LogP contribution is 2.29. The SMILES string of the molecule is NC1(C(=O)N2CCO[C@@H]([C@@H]3CCCO3)C2)CCCCC1. The summed E-state index contributed by atoms with van der Waals surface area (Å²) in [7, 11) is 0. The van der Waals surface area contributed by atoms with E-state index < -0.39 is 5.54 Å². The molecular formula is C15H26N2O3. The Bertz CT molecular complexity index is 349. The topological polar surface area (TPSA) is 64.8 Å². The fourth-order valence-corrected chi connectivity index (χ4v) is 3.69. The predicted molar refractivity (Wildman–Crippen MR) is 75.3 cm³/mol. The predicted octanol–water partition coefficient (Wildman–Crippen LogP) is 1.05. The standard InChI is InChI=1S/C15H26N2O3/c16-15(6-2-1-3-7-15)14(18)17-8-10-20-13(11-17)12-5-4-9-19-12/h12-13H,1-11,16H2/t12-,13+/m0/s1. The quantitative estimate of drug-likeness (QED) is 0.822. The zero-order valence-corrected chi connectivity index (χ0v) is 12.2. The number of nitrogens with two attached hydrogens (primary N) is 1. The van der Waals surface area contributed by atoms with Gasteiger partial charge in [-0.25, -0.2) is 0 Å². The molecule has 5 heteroatoms. The van der Waals surface area contributed by atoms with Crippen molar-refractivity contribution in [2.75, 3.05) is 26.3 Å². The van der Waals surface area contributed by atoms with Gasteiger partial charge in [-0.05, 0) is 25.7 Å². The van der Waals surface area contributed by atoms with Gasteiger partial charge in [0.25, 0.3) is 0 Å². The summed E-state index contributed by atoms with van der Waals surface area (Å²) in [5, 5.41) is 0. The third kappa shape index (κ3) is 2.85. The van der Waals surface area contributed by atoms with E-state index in [-0.39, 0.29) is 18.1 Å². The molecule has 5 nitrogen and oxygen atoms in total. The Morgan fingerprint density at radius 3 is 2.50 bits per heavy atom. The fraction of sp³-hybridized carbons (Fsp3) is 0.933. The van der Waals surface area contributed by atoms with Crippen LogP contribution < -0.4 is 5.73 Å². The molecule has 2 atom stereocenters. The smallest absolute Gasteiger partial charge is 0.242 e. The molecule has 0 spiro atoms. The van der Waals surface area contributed by atoms with Gasteiger partial charge in [0.1, 0.15) is 6.10 Å². The Morgan fingerprint density at radius 1 is 1.05 bits per heavy atom. The van der Waals surface area contributed by atoms with Crippen LogP contribution in [0.4, 0.5) is 0 Å². The highest BCUT2D eigenvalue weighted by Gasteiger charge is 2.41. The van der Waals surface area contributed by atoms with Gasteiger partial charge in [-0.2, -0.15) is 0 Å². The van der Waals surface area contributed by atoms with Crippen LogP contribution >= 0.6 is 0 Å². The minimum Gasteiger partial charge on any atom is -0.375 e. The molecule has 3 rings (SSSR count). The van der Waals surface area contributed by atoms with Crippen LogP contribution in [0.15, 0.2) is 0 Å². The van der Waals surface area contributed by atoms with E-state index in [1.54, 1.807) is 0 Å². The molecular weight excluding hydrogens is 256 g/mol. The van der Waals surface area contributed by atoms with Gasteiger partial charge in [0.2, 0.25) is 5.91 Å². The van der Waals surface area contributed by atoms with Crippen molar-refractivity contribution in [3.8, 4) is 0 Å². The molecule has 2 heterocycles. The minimum atomic E-state index is -0.628. The number of hydrogen-bond acceptors (Lipinski definition) is 4. The molecule has 0 aromatic rings. The van der Waals surface area contributed by atoms with E-state index in [1.165, 1.54) is 6.42 Å². The van der Waals surface area contributed by atoms with Crippen molar-refractivity contribution in [1.29, 1.82) is 0 Å². The molecule has 2 saturated heterocycles. The van der Waals surface area contributed by atoms with Gasteiger partial charge in [-0.15, -0.1) is 0 Å². The average molecular weight is 282 g/mol. The monoisotopic (exact) mass is 282 g/mol. The lowest BCUT2D eigenvalue weighted by atomic mass is 9.81. The number of rotatable bonds is 2. The van der Waals surface area contributed by atoms with Gasteiger partial charge in [0, 0.05) is 19.7 Å². The molecule has 20 heavy (non-hydrogen) atoms. The lowest BCUT2D eigenvalue weighted by molar-refractivity contribution is -0.151. The lowest BCUT2D eigenvalue weighted by Crippen LogP contribution is -2.60. The maximum absolute atomic E-state index is 12.7. The highest BCUT2D eigenvalue weighted by atomic mass is 16.5. The molecule has 0 aromatic heterocycles. The normalized spacial score (nSPS) is 34.1. The molecule has 1 aliphatic carbocycles. The van der Waals surface area contributed by atoms with E-state index >= 15 is 0 Å². The number of carbonyl (C=O) groups is 1. The van der Waals surface area contributed by atoms with Gasteiger partial charge in [0.15, 0.2) is 0 Å². The van der Waals surface area contributed by atoms with Crippen LogP contribution in [0.25, 0.3) is 0 Å². The van der Waals surface area contributed by atoms with E-state index in [9.17, 15) is 4.79 Å². The van der Waals surface area contributed by atoms with Crippen LogP contribution in [-0.2, 0) is 14.3 Å². The number of hydrogen-bond donors (Lipinski definition) is 1. The number of morpholine rings is 1. The molecule has 0 radical (unpaired) electrons. The zero-order valence-electron chi connectivity index (χ0n) is 12.2. The molecule has 2 N–H and O–H groups in total. The van der Waals surface area contributed by atoms with Crippen molar-refractivity contribution in [2.24, 2.45) is 5.73 Å². The van der Waals surface area contributed by atoms with Gasteiger partial charge in [0.05, 0.1) is 18.2 Å². The molecule has 0 aromatic carbocycles. The largest absolute Gasteiger partial charge is 0.375 e. The van der Waals surface area contributed by atoms with Crippen molar-refractivity contribution in [2.45, 2.75) is 62.7 Å². The average Bonchev–Trinajstić information content (AvgIpc) is 3.02. The van der Waals surface area contributed by atoms with Crippen LogP contribution in [0, 0.1) is 0 Å². The summed E-state index contributed by atoms with van der Waals surface area (Å²) in [6, 6.07) is 0. The minimum absolute atomic E-state index is 0.0300. The van der Waals surface area contributed by atoms with E-state index in [2.05, 4.69) is 0 Å². The highest BCUT2D eigenvalue weighted by molar-refractivity contribution is 5.86. The number of ether oxygens (including phenoxy) is 2. The summed E-state index contributed by atoms with van der Waals surface area (Å²) >= 11 is 0. The lowest BCUT2D eigenvalue weighted by Gasteiger charge is -2.41. The summed E-state index contributed by atoms with van der Waals surface area (Å²) in [5.41, 5.74) is 5.74. The second-order valence-corrected chi connectivity index (χ2v) is 6.43. The van der Waals surface area contributed by atoms with Crippen LogP contribution in [0.5, 0.6) is 0 Å². The van der Waals surface area contributed by atoms with Gasteiger partial charge in [-0.3, -0.25) is 4.79 Å². The number of amides is 1. The van der Waals surface area contributed by atoms with Crippen molar-refractivity contribution < 1.29 is 14.3 Å². The summed E-state index contributed by atoms with van der Waals surface area (Å²) in [5.74, 6) is 0.128. The zero-order chi connectivity index (χ0) is 14.0. The van der Waals surface area contributed by atoms with Gasteiger partial charge < -0.3 is 20.1 Å². The number of nitrogens with zero attached hydrogens (tertiary/aromatic N) is 1. The van der Waals surface area contributed by atoms with Crippen molar-refractivity contribution in [1.82, 2.24) is 4.90 Å². The molecule has 0 bridgehead atoms. The molecule has 0 unspecified atom stereocenters. The van der Waals surface area contributed by atoms with Crippen LogP contribution in [0.1, 0.15) is 44.9 Å². The first-order chi connectivity index (χ1) is 9.69. The van der Waals surface area contributed by atoms with Crippen LogP contribution in [0.2, 0.25) is 0 Å². The Labute approximate surface area is 120 Å². The van der Waals surface area contributed by atoms with Gasteiger partial charge >= 0.3 is 0 Å². The van der Waals surface area contributed by atoms with E-state index in [0.717, 1.165) is 45.1 Å². The summed E-state index contributed by atoms with van der Waals surface area (Å²) < 4.78 is 11.5. The second-order valence-electron chi connectivity index (χ2n) is 6.43. The molecule has 2 aliphatic heterocycles. The fourth-order valence-electron chi connectivity index (χ4n) is 3.69. The number of carbonyl (C=O) groups excluding carboxylic acids is 1. The first-order valence-electron chi connectivity index (χ1n) is 8.00. The molecule has 3 aliphatic rings. The Hall–Kier alpha value is -0.650. The van der Waals surface area contributed by atoms with Crippen LogP contribution in [0.3, 0.4) is 0 Å². The Kier molecular flexibility index (Phi) is 4.29. The molecule has 1 amide bonds. The maximum atomic E-state index is 12.7. The maximum Gasteiger partial charge on any atom is 0.242 e.